The quantitative estimate of drug-likeness (QED) is 0.519. The molecule has 0 radical (unpaired) electrons. The summed E-state index contributed by atoms with van der Waals surface area (Å²) in [5, 5.41) is 8.27. The lowest BCUT2D eigenvalue weighted by molar-refractivity contribution is 0.246. The predicted octanol–water partition coefficient (Wildman–Crippen LogP) is 6.13. The summed E-state index contributed by atoms with van der Waals surface area (Å²) < 4.78 is 1.25. The molecule has 2 N–H and O–H groups in total. The number of benzene rings is 1. The first-order chi connectivity index (χ1) is 15.3. The number of fused-ring (bicyclic) bond motifs is 1. The Labute approximate surface area is 187 Å². The SMILES string of the molecule is O=C(Nc1ccc(C2CCCCC2)cc1)NC1CCN(c2ccnc3ccsc23)CC1. The van der Waals surface area contributed by atoms with Gasteiger partial charge in [0.2, 0.25) is 0 Å². The molecular formula is C25H30N4OS. The molecule has 3 heterocycles. The minimum Gasteiger partial charge on any atom is -0.370 e. The standard InChI is InChI=1S/C25H30N4OS/c30-25(27-20-8-6-19(7-9-20)18-4-2-1-3-5-18)28-21-11-15-29(16-12-21)23-10-14-26-22-13-17-31-24(22)23/h6-10,13-14,17-18,21H,1-5,11-12,15-16H2,(H2,27,28,30). The van der Waals surface area contributed by atoms with Gasteiger partial charge in [0.05, 0.1) is 15.9 Å². The molecule has 5 rings (SSSR count). The molecule has 6 heteroatoms. The van der Waals surface area contributed by atoms with Crippen LogP contribution in [-0.4, -0.2) is 30.1 Å². The van der Waals surface area contributed by atoms with Crippen LogP contribution >= 0.6 is 11.3 Å². The van der Waals surface area contributed by atoms with Crippen molar-refractivity contribution in [1.82, 2.24) is 10.3 Å². The Morgan fingerprint density at radius 1 is 0.968 bits per heavy atom. The van der Waals surface area contributed by atoms with E-state index < -0.39 is 0 Å². The summed E-state index contributed by atoms with van der Waals surface area (Å²) in [6.07, 6.45) is 10.4. The molecule has 31 heavy (non-hydrogen) atoms. The number of hydrogen-bond donors (Lipinski definition) is 2. The first-order valence-corrected chi connectivity index (χ1v) is 12.4. The highest BCUT2D eigenvalue weighted by Crippen LogP contribution is 2.33. The number of aromatic nitrogens is 1. The number of hydrogen-bond acceptors (Lipinski definition) is 4. The van der Waals surface area contributed by atoms with Crippen LogP contribution in [-0.2, 0) is 0 Å². The van der Waals surface area contributed by atoms with Gasteiger partial charge < -0.3 is 15.5 Å². The van der Waals surface area contributed by atoms with Crippen molar-refractivity contribution in [3.63, 3.8) is 0 Å². The maximum Gasteiger partial charge on any atom is 0.319 e. The molecule has 1 aliphatic carbocycles. The molecule has 1 aliphatic heterocycles. The van der Waals surface area contributed by atoms with Crippen molar-refractivity contribution in [2.45, 2.75) is 56.9 Å². The Morgan fingerprint density at radius 3 is 2.52 bits per heavy atom. The van der Waals surface area contributed by atoms with Crippen LogP contribution in [0.4, 0.5) is 16.2 Å². The lowest BCUT2D eigenvalue weighted by atomic mass is 9.84. The van der Waals surface area contributed by atoms with E-state index in [4.69, 9.17) is 0 Å². The fourth-order valence-electron chi connectivity index (χ4n) is 5.00. The first-order valence-electron chi connectivity index (χ1n) is 11.5. The highest BCUT2D eigenvalue weighted by atomic mass is 32.1. The molecule has 2 amide bonds. The lowest BCUT2D eigenvalue weighted by Crippen LogP contribution is -2.46. The molecular weight excluding hydrogens is 404 g/mol. The van der Waals surface area contributed by atoms with Crippen molar-refractivity contribution in [3.05, 3.63) is 53.5 Å². The van der Waals surface area contributed by atoms with E-state index in [1.165, 1.54) is 48.1 Å². The molecule has 5 nitrogen and oxygen atoms in total. The molecule has 0 bridgehead atoms. The van der Waals surface area contributed by atoms with E-state index in [-0.39, 0.29) is 12.1 Å². The molecule has 0 unspecified atom stereocenters. The monoisotopic (exact) mass is 434 g/mol. The van der Waals surface area contributed by atoms with E-state index in [9.17, 15) is 4.79 Å². The topological polar surface area (TPSA) is 57.3 Å². The van der Waals surface area contributed by atoms with Gasteiger partial charge >= 0.3 is 6.03 Å². The van der Waals surface area contributed by atoms with Crippen molar-refractivity contribution in [1.29, 1.82) is 0 Å². The van der Waals surface area contributed by atoms with Gasteiger partial charge in [0.15, 0.2) is 0 Å². The van der Waals surface area contributed by atoms with Gasteiger partial charge in [-0.1, -0.05) is 31.4 Å². The second-order valence-corrected chi connectivity index (χ2v) is 9.70. The predicted molar refractivity (Wildman–Crippen MR) is 129 cm³/mol. The maximum atomic E-state index is 12.5. The van der Waals surface area contributed by atoms with Gasteiger partial charge in [0, 0.05) is 31.0 Å². The number of pyridine rings is 1. The summed E-state index contributed by atoms with van der Waals surface area (Å²) in [4.78, 5) is 19.4. The van der Waals surface area contributed by atoms with Gasteiger partial charge in [-0.3, -0.25) is 4.98 Å². The molecule has 162 valence electrons. The van der Waals surface area contributed by atoms with E-state index in [1.54, 1.807) is 11.3 Å². The van der Waals surface area contributed by atoms with Gasteiger partial charge in [0.1, 0.15) is 0 Å². The largest absolute Gasteiger partial charge is 0.370 e. The number of amides is 2. The lowest BCUT2D eigenvalue weighted by Gasteiger charge is -2.34. The van der Waals surface area contributed by atoms with Gasteiger partial charge in [-0.05, 0) is 66.8 Å². The third-order valence-electron chi connectivity index (χ3n) is 6.74. The number of nitrogens with one attached hydrogen (secondary N) is 2. The molecule has 0 atom stereocenters. The van der Waals surface area contributed by atoms with Gasteiger partial charge in [-0.15, -0.1) is 11.3 Å². The van der Waals surface area contributed by atoms with Crippen LogP contribution in [0, 0.1) is 0 Å². The Bertz CT molecular complexity index is 1020. The number of thiophene rings is 1. The van der Waals surface area contributed by atoms with Crippen molar-refractivity contribution >= 4 is 39.0 Å². The number of carbonyl (C=O) groups excluding carboxylic acids is 1. The fraction of sp³-hybridized carbons (Fsp3) is 0.440. The number of piperidine rings is 1. The summed E-state index contributed by atoms with van der Waals surface area (Å²) in [5.74, 6) is 0.692. The number of anilines is 2. The number of rotatable bonds is 4. The number of carbonyl (C=O) groups is 1. The van der Waals surface area contributed by atoms with E-state index >= 15 is 0 Å². The molecule has 1 saturated heterocycles. The molecule has 1 aromatic carbocycles. The van der Waals surface area contributed by atoms with Crippen LogP contribution in [0.25, 0.3) is 10.2 Å². The highest BCUT2D eigenvalue weighted by Gasteiger charge is 2.22. The highest BCUT2D eigenvalue weighted by molar-refractivity contribution is 7.17. The van der Waals surface area contributed by atoms with Crippen molar-refractivity contribution < 1.29 is 4.79 Å². The maximum absolute atomic E-state index is 12.5. The van der Waals surface area contributed by atoms with Crippen LogP contribution in [0.3, 0.4) is 0 Å². The molecule has 0 spiro atoms. The van der Waals surface area contributed by atoms with E-state index in [1.807, 2.05) is 18.3 Å². The van der Waals surface area contributed by atoms with Crippen LogP contribution in [0.15, 0.2) is 48.0 Å². The molecule has 2 fully saturated rings. The summed E-state index contributed by atoms with van der Waals surface area (Å²) in [7, 11) is 0. The average molecular weight is 435 g/mol. The van der Waals surface area contributed by atoms with E-state index in [0.29, 0.717) is 5.92 Å². The van der Waals surface area contributed by atoms with Crippen molar-refractivity contribution in [2.24, 2.45) is 0 Å². The summed E-state index contributed by atoms with van der Waals surface area (Å²) >= 11 is 1.75. The minimum atomic E-state index is -0.103. The zero-order chi connectivity index (χ0) is 21.0. The number of nitrogens with zero attached hydrogens (tertiary/aromatic N) is 2. The minimum absolute atomic E-state index is 0.103. The van der Waals surface area contributed by atoms with Gasteiger partial charge in [-0.25, -0.2) is 4.79 Å². The fourth-order valence-corrected chi connectivity index (χ4v) is 5.89. The van der Waals surface area contributed by atoms with Crippen LogP contribution in [0.2, 0.25) is 0 Å². The Balaban J connectivity index is 1.12. The van der Waals surface area contributed by atoms with Crippen LogP contribution < -0.4 is 15.5 Å². The normalized spacial score (nSPS) is 18.3. The zero-order valence-corrected chi connectivity index (χ0v) is 18.7. The summed E-state index contributed by atoms with van der Waals surface area (Å²) in [6, 6.07) is 12.7. The van der Waals surface area contributed by atoms with Gasteiger partial charge in [-0.2, -0.15) is 0 Å². The second kappa shape index (κ2) is 9.27. The van der Waals surface area contributed by atoms with E-state index in [2.05, 4.69) is 50.2 Å². The summed E-state index contributed by atoms with van der Waals surface area (Å²) in [6.45, 7) is 1.89. The van der Waals surface area contributed by atoms with Crippen molar-refractivity contribution in [2.75, 3.05) is 23.3 Å². The third kappa shape index (κ3) is 4.69. The van der Waals surface area contributed by atoms with E-state index in [0.717, 1.165) is 37.1 Å². The summed E-state index contributed by atoms with van der Waals surface area (Å²) in [5.41, 5.74) is 4.61. The molecule has 2 aliphatic rings. The molecule has 2 aromatic heterocycles. The Morgan fingerprint density at radius 2 is 1.74 bits per heavy atom. The molecule has 1 saturated carbocycles. The zero-order valence-electron chi connectivity index (χ0n) is 17.8. The smallest absolute Gasteiger partial charge is 0.319 e. The second-order valence-electron chi connectivity index (χ2n) is 8.78. The Kier molecular flexibility index (Phi) is 6.07. The average Bonchev–Trinajstić information content (AvgIpc) is 3.30. The first kappa shape index (κ1) is 20.3. The van der Waals surface area contributed by atoms with Gasteiger partial charge in [0.25, 0.3) is 0 Å². The molecule has 3 aromatic rings. The Hall–Kier alpha value is -2.60. The third-order valence-corrected chi connectivity index (χ3v) is 7.67. The van der Waals surface area contributed by atoms with Crippen LogP contribution in [0.5, 0.6) is 0 Å². The van der Waals surface area contributed by atoms with Crippen molar-refractivity contribution in [3.8, 4) is 0 Å². The number of urea groups is 1. The van der Waals surface area contributed by atoms with Crippen LogP contribution in [0.1, 0.15) is 56.4 Å².